The molecule has 1 saturated heterocycles. The molecule has 0 aromatic carbocycles. The van der Waals surface area contributed by atoms with Crippen molar-refractivity contribution in [3.05, 3.63) is 0 Å². The summed E-state index contributed by atoms with van der Waals surface area (Å²) >= 11 is 0. The lowest BCUT2D eigenvalue weighted by molar-refractivity contribution is -0.144. The van der Waals surface area contributed by atoms with E-state index in [0.29, 0.717) is 18.3 Å². The van der Waals surface area contributed by atoms with Crippen molar-refractivity contribution in [3.8, 4) is 0 Å². The van der Waals surface area contributed by atoms with Gasteiger partial charge in [0.15, 0.2) is 0 Å². The molecule has 56 valence electrons. The molecule has 1 N–H and O–H groups in total. The minimum Gasteiger partial charge on any atom is -0.462 e. The second-order valence-corrected chi connectivity index (χ2v) is 3.07. The molecule has 10 heavy (non-hydrogen) atoms. The van der Waals surface area contributed by atoms with Gasteiger partial charge < -0.3 is 9.84 Å². The van der Waals surface area contributed by atoms with E-state index in [2.05, 4.69) is 0 Å². The second-order valence-electron chi connectivity index (χ2n) is 3.07. The summed E-state index contributed by atoms with van der Waals surface area (Å²) in [6.45, 7) is 0.206. The van der Waals surface area contributed by atoms with Crippen LogP contribution in [0.2, 0.25) is 0 Å². The predicted molar refractivity (Wildman–Crippen MR) is 33.2 cm³/mol. The lowest BCUT2D eigenvalue weighted by Gasteiger charge is -2.36. The maximum absolute atomic E-state index is 10.7. The summed E-state index contributed by atoms with van der Waals surface area (Å²) in [7, 11) is 0. The fourth-order valence-corrected chi connectivity index (χ4v) is 1.81. The number of rotatable bonds is 1. The topological polar surface area (TPSA) is 46.5 Å². The first kappa shape index (κ1) is 6.16. The summed E-state index contributed by atoms with van der Waals surface area (Å²) in [5.74, 6) is 0.569. The normalized spacial score (nSPS) is 44.1. The molecule has 0 unspecified atom stereocenters. The Morgan fingerprint density at radius 1 is 1.70 bits per heavy atom. The minimum absolute atomic E-state index is 0.0917. The van der Waals surface area contributed by atoms with Crippen molar-refractivity contribution in [2.45, 2.75) is 18.9 Å². The van der Waals surface area contributed by atoms with Gasteiger partial charge in [0.05, 0.1) is 6.42 Å². The molecule has 2 fully saturated rings. The van der Waals surface area contributed by atoms with Gasteiger partial charge in [0.25, 0.3) is 0 Å². The number of esters is 1. The summed E-state index contributed by atoms with van der Waals surface area (Å²) in [6.07, 6.45) is 1.53. The second kappa shape index (κ2) is 1.95. The van der Waals surface area contributed by atoms with E-state index in [1.807, 2.05) is 0 Å². The number of carbonyl (C=O) groups is 1. The molecule has 3 nitrogen and oxygen atoms in total. The van der Waals surface area contributed by atoms with E-state index in [-0.39, 0.29) is 18.7 Å². The Morgan fingerprint density at radius 3 is 3.10 bits per heavy atom. The van der Waals surface area contributed by atoms with Gasteiger partial charge in [-0.25, -0.2) is 0 Å². The molecular formula is C7H10O3. The van der Waals surface area contributed by atoms with E-state index in [1.165, 1.54) is 0 Å². The molecule has 2 aliphatic rings. The van der Waals surface area contributed by atoms with Crippen LogP contribution in [0.1, 0.15) is 12.8 Å². The molecule has 0 spiro atoms. The average Bonchev–Trinajstić information content (AvgIpc) is 2.15. The van der Waals surface area contributed by atoms with Crippen LogP contribution in [0.5, 0.6) is 0 Å². The van der Waals surface area contributed by atoms with E-state index in [1.54, 1.807) is 0 Å². The summed E-state index contributed by atoms with van der Waals surface area (Å²) in [6, 6.07) is 0. The zero-order valence-corrected chi connectivity index (χ0v) is 5.62. The fourth-order valence-electron chi connectivity index (χ4n) is 1.81. The first-order chi connectivity index (χ1) is 4.81. The molecule has 0 amide bonds. The molecule has 1 aliphatic heterocycles. The quantitative estimate of drug-likeness (QED) is 0.521. The molecule has 3 heteroatoms. The molecule has 1 heterocycles. The Hall–Kier alpha value is -0.570. The van der Waals surface area contributed by atoms with Gasteiger partial charge in [-0.1, -0.05) is 0 Å². The number of hydrogen-bond donors (Lipinski definition) is 1. The van der Waals surface area contributed by atoms with Crippen LogP contribution in [0, 0.1) is 11.8 Å². The van der Waals surface area contributed by atoms with Gasteiger partial charge >= 0.3 is 5.97 Å². The summed E-state index contributed by atoms with van der Waals surface area (Å²) in [5, 5.41) is 8.75. The number of fused-ring (bicyclic) bond motifs is 1. The summed E-state index contributed by atoms with van der Waals surface area (Å²) in [4.78, 5) is 10.7. The van der Waals surface area contributed by atoms with Gasteiger partial charge in [0.2, 0.25) is 0 Å². The van der Waals surface area contributed by atoms with Crippen molar-refractivity contribution < 1.29 is 14.6 Å². The van der Waals surface area contributed by atoms with Gasteiger partial charge in [0.1, 0.15) is 6.10 Å². The van der Waals surface area contributed by atoms with Crippen LogP contribution >= 0.6 is 0 Å². The van der Waals surface area contributed by atoms with Crippen LogP contribution in [0.25, 0.3) is 0 Å². The molecule has 2 rings (SSSR count). The van der Waals surface area contributed by atoms with Crippen LogP contribution in [-0.4, -0.2) is 23.8 Å². The van der Waals surface area contributed by atoms with E-state index >= 15 is 0 Å². The van der Waals surface area contributed by atoms with E-state index < -0.39 is 0 Å². The third kappa shape index (κ3) is 0.669. The number of ether oxygens (including phenoxy) is 1. The Labute approximate surface area is 59.0 Å². The average molecular weight is 142 g/mol. The first-order valence-electron chi connectivity index (χ1n) is 3.61. The lowest BCUT2D eigenvalue weighted by Crippen LogP contribution is -2.39. The summed E-state index contributed by atoms with van der Waals surface area (Å²) in [5.41, 5.74) is 0. The molecule has 1 aliphatic carbocycles. The van der Waals surface area contributed by atoms with Gasteiger partial charge in [-0.15, -0.1) is 0 Å². The van der Waals surface area contributed by atoms with Gasteiger partial charge in [0, 0.05) is 12.5 Å². The number of aliphatic hydroxyl groups excluding tert-OH is 1. The van der Waals surface area contributed by atoms with Gasteiger partial charge in [-0.3, -0.25) is 4.79 Å². The Balaban J connectivity index is 1.99. The highest BCUT2D eigenvalue weighted by atomic mass is 16.6. The Kier molecular flexibility index (Phi) is 1.20. The predicted octanol–water partition coefficient (Wildman–Crippen LogP) is -0.0697. The van der Waals surface area contributed by atoms with Crippen LogP contribution in [0.3, 0.4) is 0 Å². The van der Waals surface area contributed by atoms with E-state index in [4.69, 9.17) is 9.84 Å². The highest BCUT2D eigenvalue weighted by Crippen LogP contribution is 2.43. The van der Waals surface area contributed by atoms with Crippen molar-refractivity contribution in [2.75, 3.05) is 6.61 Å². The van der Waals surface area contributed by atoms with Crippen LogP contribution in [0.15, 0.2) is 0 Å². The van der Waals surface area contributed by atoms with Gasteiger partial charge in [-0.05, 0) is 12.3 Å². The molecule has 1 saturated carbocycles. The smallest absolute Gasteiger partial charge is 0.306 e. The zero-order valence-electron chi connectivity index (χ0n) is 5.62. The molecule has 3 atom stereocenters. The molecular weight excluding hydrogens is 132 g/mol. The molecule has 0 radical (unpaired) electrons. The number of hydrogen-bond acceptors (Lipinski definition) is 3. The third-order valence-electron chi connectivity index (χ3n) is 2.54. The largest absolute Gasteiger partial charge is 0.462 e. The van der Waals surface area contributed by atoms with Crippen LogP contribution in [0.4, 0.5) is 0 Å². The van der Waals surface area contributed by atoms with Crippen molar-refractivity contribution in [3.63, 3.8) is 0 Å². The summed E-state index contributed by atoms with van der Waals surface area (Å²) < 4.78 is 4.94. The molecule has 0 aromatic rings. The highest BCUT2D eigenvalue weighted by Gasteiger charge is 2.48. The Morgan fingerprint density at radius 2 is 2.50 bits per heavy atom. The van der Waals surface area contributed by atoms with Crippen molar-refractivity contribution in [2.24, 2.45) is 11.8 Å². The molecule has 0 bridgehead atoms. The van der Waals surface area contributed by atoms with E-state index in [0.717, 1.165) is 6.42 Å². The first-order valence-corrected chi connectivity index (χ1v) is 3.61. The maximum Gasteiger partial charge on any atom is 0.306 e. The van der Waals surface area contributed by atoms with Crippen molar-refractivity contribution in [1.82, 2.24) is 0 Å². The fraction of sp³-hybridized carbons (Fsp3) is 0.857. The van der Waals surface area contributed by atoms with Crippen molar-refractivity contribution in [1.29, 1.82) is 0 Å². The number of carbonyl (C=O) groups excluding carboxylic acids is 1. The monoisotopic (exact) mass is 142 g/mol. The standard InChI is InChI=1S/C7H10O3/c8-3-4-1-6-5(4)2-7(9)10-6/h4-6,8H,1-3H2/t4-,5+,6-/m0/s1. The van der Waals surface area contributed by atoms with Crippen LogP contribution < -0.4 is 0 Å². The van der Waals surface area contributed by atoms with Crippen molar-refractivity contribution >= 4 is 5.97 Å². The maximum atomic E-state index is 10.7. The minimum atomic E-state index is -0.0917. The third-order valence-corrected chi connectivity index (χ3v) is 2.54. The molecule has 0 aromatic heterocycles. The Bertz CT molecular complexity index is 166. The lowest BCUT2D eigenvalue weighted by atomic mass is 9.71. The SMILES string of the molecule is O=C1C[C@@H]2[C@H](CO)C[C@@H]2O1. The highest BCUT2D eigenvalue weighted by molar-refractivity contribution is 5.72. The van der Waals surface area contributed by atoms with E-state index in [9.17, 15) is 4.79 Å². The zero-order chi connectivity index (χ0) is 7.14. The van der Waals surface area contributed by atoms with Gasteiger partial charge in [-0.2, -0.15) is 0 Å². The van der Waals surface area contributed by atoms with Crippen LogP contribution in [-0.2, 0) is 9.53 Å². The number of aliphatic hydroxyl groups is 1.